The Morgan fingerprint density at radius 1 is 1.28 bits per heavy atom. The van der Waals surface area contributed by atoms with Crippen molar-refractivity contribution < 1.29 is 23.6 Å². The maximum absolute atomic E-state index is 14.4. The number of amides is 1. The number of aryl methyl sites for hydroxylation is 1. The number of aliphatic hydroxyl groups excluding tert-OH is 1. The van der Waals surface area contributed by atoms with Crippen LogP contribution in [0.15, 0.2) is 35.0 Å². The minimum Gasteiger partial charge on any atom is -0.447 e. The van der Waals surface area contributed by atoms with Gasteiger partial charge in [0.2, 0.25) is 17.7 Å². The second-order valence-electron chi connectivity index (χ2n) is 7.49. The van der Waals surface area contributed by atoms with Gasteiger partial charge in [0, 0.05) is 5.56 Å². The molecule has 0 aliphatic carbocycles. The molecule has 4 rings (SSSR count). The van der Waals surface area contributed by atoms with E-state index in [9.17, 15) is 14.3 Å². The molecule has 2 aromatic heterocycles. The van der Waals surface area contributed by atoms with E-state index in [1.54, 1.807) is 6.92 Å². The van der Waals surface area contributed by atoms with E-state index in [1.807, 2.05) is 24.3 Å². The lowest BCUT2D eigenvalue weighted by atomic mass is 10.1. The van der Waals surface area contributed by atoms with Crippen LogP contribution < -0.4 is 10.2 Å². The molecule has 3 aromatic rings. The van der Waals surface area contributed by atoms with E-state index < -0.39 is 30.1 Å². The Morgan fingerprint density at radius 3 is 2.72 bits per heavy atom. The highest BCUT2D eigenvalue weighted by atomic mass is 19.1. The van der Waals surface area contributed by atoms with E-state index in [1.165, 1.54) is 12.5 Å². The Balaban J connectivity index is 1.53. The van der Waals surface area contributed by atoms with Crippen molar-refractivity contribution in [2.45, 2.75) is 45.4 Å². The molecule has 168 valence electrons. The molecule has 32 heavy (non-hydrogen) atoms. The number of hydrogen-bond acceptors (Lipinski definition) is 9. The van der Waals surface area contributed by atoms with Gasteiger partial charge in [-0.2, -0.15) is 9.97 Å². The zero-order chi connectivity index (χ0) is 22.8. The Labute approximate surface area is 183 Å². The van der Waals surface area contributed by atoms with E-state index in [0.29, 0.717) is 5.82 Å². The monoisotopic (exact) mass is 442 g/mol. The summed E-state index contributed by atoms with van der Waals surface area (Å²) in [6.07, 6.45) is 0.153. The third-order valence-corrected chi connectivity index (χ3v) is 5.19. The Morgan fingerprint density at radius 2 is 2.03 bits per heavy atom. The van der Waals surface area contributed by atoms with E-state index in [2.05, 4.69) is 32.3 Å². The second kappa shape index (κ2) is 8.87. The van der Waals surface area contributed by atoms with Crippen LogP contribution >= 0.6 is 0 Å². The van der Waals surface area contributed by atoms with Crippen LogP contribution in [0.3, 0.4) is 0 Å². The first-order valence-corrected chi connectivity index (χ1v) is 10.2. The minimum absolute atomic E-state index is 0.0463. The summed E-state index contributed by atoms with van der Waals surface area (Å²) < 4.78 is 24.7. The smallest absolute Gasteiger partial charge is 0.416 e. The molecule has 11 heteroatoms. The summed E-state index contributed by atoms with van der Waals surface area (Å²) in [5.41, 5.74) is 2.03. The molecule has 0 radical (unpaired) electrons. The van der Waals surface area contributed by atoms with Crippen LogP contribution in [0.2, 0.25) is 0 Å². The lowest BCUT2D eigenvalue weighted by molar-refractivity contribution is 0.142. The molecule has 1 aromatic carbocycles. The normalized spacial score (nSPS) is 17.8. The number of benzene rings is 1. The number of nitrogens with one attached hydrogen (secondary N) is 1. The van der Waals surface area contributed by atoms with Gasteiger partial charge in [0.1, 0.15) is 18.7 Å². The third kappa shape index (κ3) is 4.24. The summed E-state index contributed by atoms with van der Waals surface area (Å²) in [6.45, 7) is 5.26. The molecule has 1 saturated heterocycles. The third-order valence-electron chi connectivity index (χ3n) is 5.19. The molecule has 3 atom stereocenters. The first-order valence-electron chi connectivity index (χ1n) is 10.2. The fourth-order valence-electron chi connectivity index (χ4n) is 3.30. The van der Waals surface area contributed by atoms with Gasteiger partial charge in [0.15, 0.2) is 11.6 Å². The van der Waals surface area contributed by atoms with Crippen LogP contribution in [0.25, 0.3) is 11.4 Å². The van der Waals surface area contributed by atoms with E-state index in [0.717, 1.165) is 23.1 Å². The maximum atomic E-state index is 14.4. The lowest BCUT2D eigenvalue weighted by Gasteiger charge is -2.23. The predicted molar refractivity (Wildman–Crippen MR) is 112 cm³/mol. The number of carbonyl (C=O) groups is 1. The summed E-state index contributed by atoms with van der Waals surface area (Å²) >= 11 is 0. The van der Waals surface area contributed by atoms with Gasteiger partial charge in [0.05, 0.1) is 12.3 Å². The van der Waals surface area contributed by atoms with E-state index in [-0.39, 0.29) is 24.3 Å². The number of halogens is 1. The number of carbonyl (C=O) groups excluding carboxylic acids is 1. The van der Waals surface area contributed by atoms with Gasteiger partial charge >= 0.3 is 6.09 Å². The van der Waals surface area contributed by atoms with Gasteiger partial charge in [-0.1, -0.05) is 36.3 Å². The highest BCUT2D eigenvalue weighted by Gasteiger charge is 2.39. The molecule has 1 aliphatic rings. The molecule has 2 N–H and O–H groups in total. The van der Waals surface area contributed by atoms with E-state index >= 15 is 0 Å². The van der Waals surface area contributed by atoms with Crippen molar-refractivity contribution in [1.82, 2.24) is 20.1 Å². The number of cyclic esters (lactones) is 1. The molecule has 1 fully saturated rings. The first-order chi connectivity index (χ1) is 15.4. The van der Waals surface area contributed by atoms with Crippen LogP contribution in [-0.2, 0) is 11.2 Å². The summed E-state index contributed by atoms with van der Waals surface area (Å²) in [6, 6.07) is 6.61. The first kappa shape index (κ1) is 21.6. The van der Waals surface area contributed by atoms with Crippen LogP contribution in [0.5, 0.6) is 0 Å². The SMILES string of the molecule is CCc1ccc(-c2noc([C@H](C)Nc3ncc(F)c(N4C(=O)OC[C@@H]4[C@@H](C)O)n3)n2)cc1. The number of anilines is 2. The van der Waals surface area contributed by atoms with Crippen molar-refractivity contribution >= 4 is 17.9 Å². The number of aromatic nitrogens is 4. The fourth-order valence-corrected chi connectivity index (χ4v) is 3.30. The van der Waals surface area contributed by atoms with Gasteiger partial charge in [0.25, 0.3) is 0 Å². The number of hydrogen-bond donors (Lipinski definition) is 2. The predicted octanol–water partition coefficient (Wildman–Crippen LogP) is 3.11. The average Bonchev–Trinajstić information content (AvgIpc) is 3.42. The topological polar surface area (TPSA) is 127 Å². The average molecular weight is 442 g/mol. The number of rotatable bonds is 7. The van der Waals surface area contributed by atoms with E-state index in [4.69, 9.17) is 9.26 Å². The van der Waals surface area contributed by atoms with Crippen LogP contribution in [-0.4, -0.2) is 50.1 Å². The molecule has 3 heterocycles. The molecule has 1 aliphatic heterocycles. The summed E-state index contributed by atoms with van der Waals surface area (Å²) in [5.74, 6) is -0.327. The summed E-state index contributed by atoms with van der Waals surface area (Å²) in [7, 11) is 0. The van der Waals surface area contributed by atoms with Crippen LogP contribution in [0.4, 0.5) is 21.0 Å². The summed E-state index contributed by atoms with van der Waals surface area (Å²) in [5, 5.41) is 16.9. The van der Waals surface area contributed by atoms with Crippen molar-refractivity contribution in [2.75, 3.05) is 16.8 Å². The molecule has 0 bridgehead atoms. The van der Waals surface area contributed by atoms with Crippen molar-refractivity contribution in [3.05, 3.63) is 47.7 Å². The molecule has 10 nitrogen and oxygen atoms in total. The van der Waals surface area contributed by atoms with Crippen molar-refractivity contribution in [3.63, 3.8) is 0 Å². The number of aliphatic hydroxyl groups is 1. The number of ether oxygens (including phenoxy) is 1. The Kier molecular flexibility index (Phi) is 5.99. The lowest BCUT2D eigenvalue weighted by Crippen LogP contribution is -2.42. The van der Waals surface area contributed by atoms with Crippen molar-refractivity contribution in [2.24, 2.45) is 0 Å². The van der Waals surface area contributed by atoms with Gasteiger partial charge < -0.3 is 19.7 Å². The molecule has 0 saturated carbocycles. The van der Waals surface area contributed by atoms with Crippen LogP contribution in [0.1, 0.15) is 38.3 Å². The molecule has 0 spiro atoms. The molecule has 1 amide bonds. The van der Waals surface area contributed by atoms with Crippen LogP contribution in [0, 0.1) is 5.82 Å². The Hall–Kier alpha value is -3.60. The highest BCUT2D eigenvalue weighted by molar-refractivity contribution is 5.89. The van der Waals surface area contributed by atoms with Crippen molar-refractivity contribution in [1.29, 1.82) is 0 Å². The van der Waals surface area contributed by atoms with Gasteiger partial charge in [-0.25, -0.2) is 19.1 Å². The standard InChI is InChI=1S/C21H23FN6O4/c1-4-13-5-7-14(8-6-13)17-25-19(32-27-17)11(2)24-20-23-9-15(22)18(26-20)28-16(12(3)29)10-31-21(28)30/h5-9,11-12,16,29H,4,10H2,1-3H3,(H,23,24,26)/t11-,12+,16+/m0/s1. The zero-order valence-corrected chi connectivity index (χ0v) is 17.8. The number of nitrogens with zero attached hydrogens (tertiary/aromatic N) is 5. The van der Waals surface area contributed by atoms with Gasteiger partial charge in [-0.3, -0.25) is 0 Å². The highest BCUT2D eigenvalue weighted by Crippen LogP contribution is 2.27. The Bertz CT molecular complexity index is 1100. The van der Waals surface area contributed by atoms with Gasteiger partial charge in [-0.05, 0) is 25.8 Å². The summed E-state index contributed by atoms with van der Waals surface area (Å²) in [4.78, 5) is 25.5. The quantitative estimate of drug-likeness (QED) is 0.567. The zero-order valence-electron chi connectivity index (χ0n) is 17.8. The van der Waals surface area contributed by atoms with Gasteiger partial charge in [-0.15, -0.1) is 0 Å². The second-order valence-corrected chi connectivity index (χ2v) is 7.49. The fraction of sp³-hybridized carbons (Fsp3) is 0.381. The molecule has 0 unspecified atom stereocenters. The molecular formula is C21H23FN6O4. The molecular weight excluding hydrogens is 419 g/mol. The maximum Gasteiger partial charge on any atom is 0.416 e. The van der Waals surface area contributed by atoms with Crippen molar-refractivity contribution in [3.8, 4) is 11.4 Å². The largest absolute Gasteiger partial charge is 0.447 e. The minimum atomic E-state index is -0.936.